The molecule has 1 aromatic heterocycles. The first-order valence-corrected chi connectivity index (χ1v) is 8.44. The minimum Gasteiger partial charge on any atom is -0.493 e. The van der Waals surface area contributed by atoms with Crippen molar-refractivity contribution in [2.75, 3.05) is 28.4 Å². The molecule has 2 rings (SSSR count). The van der Waals surface area contributed by atoms with Gasteiger partial charge in [-0.2, -0.15) is 0 Å². The summed E-state index contributed by atoms with van der Waals surface area (Å²) in [5.41, 5.74) is 1.98. The molecule has 0 unspecified atom stereocenters. The number of likely N-dealkylation sites (N-methyl/N-ethyl adjacent to an activating group) is 1. The summed E-state index contributed by atoms with van der Waals surface area (Å²) >= 11 is 1.67. The Bertz CT molecular complexity index is 711. The number of hydrogen-bond acceptors (Lipinski definition) is 5. The van der Waals surface area contributed by atoms with E-state index >= 15 is 0 Å². The lowest BCUT2D eigenvalue weighted by Crippen LogP contribution is -2.27. The lowest BCUT2D eigenvalue weighted by molar-refractivity contribution is -0.129. The number of thiophene rings is 1. The summed E-state index contributed by atoms with van der Waals surface area (Å²) in [5, 5.41) is 2.04. The van der Waals surface area contributed by atoms with Crippen molar-refractivity contribution in [1.29, 1.82) is 0 Å². The molecule has 24 heavy (non-hydrogen) atoms. The van der Waals surface area contributed by atoms with Crippen LogP contribution in [0, 0.1) is 6.92 Å². The van der Waals surface area contributed by atoms with Crippen molar-refractivity contribution < 1.29 is 19.0 Å². The molecule has 2 aromatic rings. The minimum atomic E-state index is 0.0216. The van der Waals surface area contributed by atoms with Gasteiger partial charge in [0.2, 0.25) is 11.7 Å². The standard InChI is InChI=1S/C18H23NO4S/c1-12-8-9-24-15(12)11-19(2)16(20)10-13-6-7-14(21-3)18(23-5)17(13)22-4/h6-9H,10-11H2,1-5H3. The molecular formula is C18H23NO4S. The summed E-state index contributed by atoms with van der Waals surface area (Å²) in [5.74, 6) is 1.63. The van der Waals surface area contributed by atoms with Crippen molar-refractivity contribution in [2.24, 2.45) is 0 Å². The highest BCUT2D eigenvalue weighted by Gasteiger charge is 2.19. The molecule has 0 saturated carbocycles. The second-order valence-electron chi connectivity index (χ2n) is 5.45. The minimum absolute atomic E-state index is 0.0216. The fourth-order valence-electron chi connectivity index (χ4n) is 2.47. The number of amides is 1. The molecule has 0 N–H and O–H groups in total. The molecule has 0 fully saturated rings. The van der Waals surface area contributed by atoms with E-state index in [1.54, 1.807) is 43.6 Å². The third-order valence-electron chi connectivity index (χ3n) is 3.90. The second-order valence-corrected chi connectivity index (χ2v) is 6.45. The molecule has 0 radical (unpaired) electrons. The first-order valence-electron chi connectivity index (χ1n) is 7.56. The first kappa shape index (κ1) is 18.1. The van der Waals surface area contributed by atoms with Gasteiger partial charge in [0.05, 0.1) is 34.3 Å². The predicted octanol–water partition coefficient (Wildman–Crippen LogP) is 3.28. The van der Waals surface area contributed by atoms with Gasteiger partial charge in [0.1, 0.15) is 0 Å². The zero-order valence-electron chi connectivity index (χ0n) is 14.7. The highest BCUT2D eigenvalue weighted by atomic mass is 32.1. The number of aryl methyl sites for hydroxylation is 1. The average Bonchev–Trinajstić information content (AvgIpc) is 2.98. The van der Waals surface area contributed by atoms with Crippen LogP contribution >= 0.6 is 11.3 Å². The van der Waals surface area contributed by atoms with E-state index in [9.17, 15) is 4.79 Å². The van der Waals surface area contributed by atoms with Gasteiger partial charge in [0.15, 0.2) is 11.5 Å². The van der Waals surface area contributed by atoms with Gasteiger partial charge in [-0.05, 0) is 30.0 Å². The highest BCUT2D eigenvalue weighted by molar-refractivity contribution is 7.10. The lowest BCUT2D eigenvalue weighted by Gasteiger charge is -2.19. The van der Waals surface area contributed by atoms with Crippen molar-refractivity contribution in [3.05, 3.63) is 39.6 Å². The van der Waals surface area contributed by atoms with Crippen LogP contribution in [-0.2, 0) is 17.8 Å². The zero-order chi connectivity index (χ0) is 17.7. The molecule has 0 spiro atoms. The molecule has 6 heteroatoms. The SMILES string of the molecule is COc1ccc(CC(=O)N(C)Cc2sccc2C)c(OC)c1OC. The van der Waals surface area contributed by atoms with Gasteiger partial charge in [-0.3, -0.25) is 4.79 Å². The first-order chi connectivity index (χ1) is 11.5. The maximum atomic E-state index is 12.6. The van der Waals surface area contributed by atoms with Crippen LogP contribution in [0.3, 0.4) is 0 Å². The Kier molecular flexibility index (Phi) is 6.09. The highest BCUT2D eigenvalue weighted by Crippen LogP contribution is 2.40. The molecule has 130 valence electrons. The number of carbonyl (C=O) groups excluding carboxylic acids is 1. The van der Waals surface area contributed by atoms with Crippen LogP contribution in [0.2, 0.25) is 0 Å². The average molecular weight is 349 g/mol. The quantitative estimate of drug-likeness (QED) is 0.770. The molecule has 1 amide bonds. The number of ether oxygens (including phenoxy) is 3. The summed E-state index contributed by atoms with van der Waals surface area (Å²) in [6, 6.07) is 5.69. The molecule has 1 heterocycles. The van der Waals surface area contributed by atoms with Crippen molar-refractivity contribution in [3.8, 4) is 17.2 Å². The van der Waals surface area contributed by atoms with Crippen LogP contribution in [0.25, 0.3) is 0 Å². The Morgan fingerprint density at radius 1 is 1.08 bits per heavy atom. The van der Waals surface area contributed by atoms with Crippen LogP contribution in [0.4, 0.5) is 0 Å². The van der Waals surface area contributed by atoms with Gasteiger partial charge in [-0.15, -0.1) is 11.3 Å². The summed E-state index contributed by atoms with van der Waals surface area (Å²) in [7, 11) is 6.50. The second kappa shape index (κ2) is 8.06. The van der Waals surface area contributed by atoms with Gasteiger partial charge >= 0.3 is 0 Å². The van der Waals surface area contributed by atoms with Crippen LogP contribution < -0.4 is 14.2 Å². The topological polar surface area (TPSA) is 48.0 Å². The molecule has 0 aliphatic carbocycles. The fraction of sp³-hybridized carbons (Fsp3) is 0.389. The number of nitrogens with zero attached hydrogens (tertiary/aromatic N) is 1. The van der Waals surface area contributed by atoms with E-state index in [0.717, 1.165) is 5.56 Å². The van der Waals surface area contributed by atoms with Crippen molar-refractivity contribution in [2.45, 2.75) is 19.9 Å². The van der Waals surface area contributed by atoms with E-state index in [-0.39, 0.29) is 12.3 Å². The van der Waals surface area contributed by atoms with Gasteiger partial charge < -0.3 is 19.1 Å². The normalized spacial score (nSPS) is 10.4. The number of hydrogen-bond donors (Lipinski definition) is 0. The summed E-state index contributed by atoms with van der Waals surface area (Å²) in [6.45, 7) is 2.67. The van der Waals surface area contributed by atoms with Crippen LogP contribution in [-0.4, -0.2) is 39.2 Å². The summed E-state index contributed by atoms with van der Waals surface area (Å²) in [6.07, 6.45) is 0.241. The lowest BCUT2D eigenvalue weighted by atomic mass is 10.1. The number of methoxy groups -OCH3 is 3. The van der Waals surface area contributed by atoms with E-state index in [4.69, 9.17) is 14.2 Å². The third kappa shape index (κ3) is 3.82. The van der Waals surface area contributed by atoms with E-state index in [0.29, 0.717) is 23.8 Å². The smallest absolute Gasteiger partial charge is 0.227 e. The predicted molar refractivity (Wildman–Crippen MR) is 95.3 cm³/mol. The van der Waals surface area contributed by atoms with Gasteiger partial charge in [0.25, 0.3) is 0 Å². The Morgan fingerprint density at radius 2 is 1.79 bits per heavy atom. The summed E-state index contributed by atoms with van der Waals surface area (Å²) in [4.78, 5) is 15.5. The Labute approximate surface area is 146 Å². The number of benzene rings is 1. The third-order valence-corrected chi connectivity index (χ3v) is 4.91. The molecule has 0 aliphatic heterocycles. The Balaban J connectivity index is 2.17. The van der Waals surface area contributed by atoms with Gasteiger partial charge in [-0.1, -0.05) is 6.07 Å². The van der Waals surface area contributed by atoms with Gasteiger partial charge in [0, 0.05) is 17.5 Å². The Morgan fingerprint density at radius 3 is 2.33 bits per heavy atom. The maximum absolute atomic E-state index is 12.6. The van der Waals surface area contributed by atoms with Crippen LogP contribution in [0.15, 0.2) is 23.6 Å². The van der Waals surface area contributed by atoms with Crippen molar-refractivity contribution in [1.82, 2.24) is 4.90 Å². The maximum Gasteiger partial charge on any atom is 0.227 e. The monoisotopic (exact) mass is 349 g/mol. The molecule has 0 saturated heterocycles. The molecule has 5 nitrogen and oxygen atoms in total. The van der Waals surface area contributed by atoms with E-state index in [2.05, 4.69) is 13.0 Å². The number of carbonyl (C=O) groups is 1. The summed E-state index contributed by atoms with van der Waals surface area (Å²) < 4.78 is 16.1. The van der Waals surface area contributed by atoms with Crippen LogP contribution in [0.5, 0.6) is 17.2 Å². The van der Waals surface area contributed by atoms with Crippen LogP contribution in [0.1, 0.15) is 16.0 Å². The Hall–Kier alpha value is -2.21. The number of rotatable bonds is 7. The zero-order valence-corrected chi connectivity index (χ0v) is 15.5. The van der Waals surface area contributed by atoms with E-state index < -0.39 is 0 Å². The van der Waals surface area contributed by atoms with Crippen molar-refractivity contribution in [3.63, 3.8) is 0 Å². The molecule has 0 aliphatic rings. The largest absolute Gasteiger partial charge is 0.493 e. The molecule has 0 bridgehead atoms. The van der Waals surface area contributed by atoms with E-state index in [1.807, 2.05) is 18.5 Å². The molecule has 1 aromatic carbocycles. The fourth-order valence-corrected chi connectivity index (χ4v) is 3.43. The van der Waals surface area contributed by atoms with Crippen molar-refractivity contribution >= 4 is 17.2 Å². The van der Waals surface area contributed by atoms with Gasteiger partial charge in [-0.25, -0.2) is 0 Å². The van der Waals surface area contributed by atoms with E-state index in [1.165, 1.54) is 10.4 Å². The molecule has 0 atom stereocenters. The molecular weight excluding hydrogens is 326 g/mol.